The average Bonchev–Trinajstić information content (AvgIpc) is 2.14. The first-order valence-electron chi connectivity index (χ1n) is 3.25. The fraction of sp³-hybridized carbons (Fsp3) is 1.00. The zero-order valence-electron chi connectivity index (χ0n) is 5.43. The van der Waals surface area contributed by atoms with Gasteiger partial charge in [0, 0.05) is 0 Å². The lowest BCUT2D eigenvalue weighted by atomic mass is 10.1. The van der Waals surface area contributed by atoms with Crippen molar-refractivity contribution in [3.63, 3.8) is 0 Å². The molecular weight excluding hydrogens is 96.9 g/mol. The monoisotopic (exact) mass is 109 g/mol. The summed E-state index contributed by atoms with van der Waals surface area (Å²) in [6.07, 6.45) is 2.07. The van der Waals surface area contributed by atoms with Gasteiger partial charge in [0.05, 0.1) is 7.85 Å². The Hall–Kier alpha value is 0.0249. The SMILES string of the molecule is [B]CN1CCC(C)C1. The summed E-state index contributed by atoms with van der Waals surface area (Å²) in [6, 6.07) is 0. The maximum atomic E-state index is 5.42. The molecule has 0 aromatic carbocycles. The molecule has 1 rings (SSSR count). The first kappa shape index (κ1) is 6.15. The van der Waals surface area contributed by atoms with Gasteiger partial charge in [0.15, 0.2) is 0 Å². The number of rotatable bonds is 1. The summed E-state index contributed by atoms with van der Waals surface area (Å²) in [4.78, 5) is 2.28. The van der Waals surface area contributed by atoms with Gasteiger partial charge in [0.1, 0.15) is 0 Å². The zero-order chi connectivity index (χ0) is 5.98. The Morgan fingerprint density at radius 2 is 2.50 bits per heavy atom. The van der Waals surface area contributed by atoms with Gasteiger partial charge in [-0.15, -0.1) is 0 Å². The maximum absolute atomic E-state index is 5.42. The number of nitrogens with zero attached hydrogens (tertiary/aromatic N) is 1. The van der Waals surface area contributed by atoms with Crippen LogP contribution in [0.4, 0.5) is 0 Å². The summed E-state index contributed by atoms with van der Waals surface area (Å²) in [5.41, 5.74) is 0. The number of hydrogen-bond donors (Lipinski definition) is 0. The van der Waals surface area contributed by atoms with E-state index in [9.17, 15) is 0 Å². The van der Waals surface area contributed by atoms with Gasteiger partial charge in [0.25, 0.3) is 0 Å². The van der Waals surface area contributed by atoms with E-state index in [1.54, 1.807) is 0 Å². The molecule has 0 aromatic rings. The first-order chi connectivity index (χ1) is 3.83. The van der Waals surface area contributed by atoms with Crippen LogP contribution in [0.15, 0.2) is 0 Å². The van der Waals surface area contributed by atoms with Gasteiger partial charge in [-0.25, -0.2) is 0 Å². The predicted octanol–water partition coefficient (Wildman–Crippen LogP) is 0.454. The van der Waals surface area contributed by atoms with Crippen LogP contribution in [-0.4, -0.2) is 32.3 Å². The molecule has 0 N–H and O–H groups in total. The normalized spacial score (nSPS) is 31.4. The Morgan fingerprint density at radius 3 is 2.75 bits per heavy atom. The van der Waals surface area contributed by atoms with Gasteiger partial charge in [-0.2, -0.15) is 0 Å². The van der Waals surface area contributed by atoms with Crippen molar-refractivity contribution < 1.29 is 0 Å². The summed E-state index contributed by atoms with van der Waals surface area (Å²) in [7, 11) is 5.42. The maximum Gasteiger partial charge on any atom is 0.0863 e. The van der Waals surface area contributed by atoms with Crippen molar-refractivity contribution in [3.05, 3.63) is 0 Å². The second kappa shape index (κ2) is 2.54. The Bertz CT molecular complexity index is 74.9. The first-order valence-corrected chi connectivity index (χ1v) is 3.25. The quantitative estimate of drug-likeness (QED) is 0.442. The van der Waals surface area contributed by atoms with E-state index in [2.05, 4.69) is 11.8 Å². The summed E-state index contributed by atoms with van der Waals surface area (Å²) in [5, 5.41) is 0. The van der Waals surface area contributed by atoms with Crippen LogP contribution in [0.3, 0.4) is 0 Å². The lowest BCUT2D eigenvalue weighted by Crippen LogP contribution is -2.21. The number of hydrogen-bond acceptors (Lipinski definition) is 1. The van der Waals surface area contributed by atoms with Crippen LogP contribution in [0.25, 0.3) is 0 Å². The molecule has 0 saturated carbocycles. The molecule has 1 saturated heterocycles. The highest BCUT2D eigenvalue weighted by atomic mass is 15.1. The molecule has 0 amide bonds. The van der Waals surface area contributed by atoms with Gasteiger partial charge < -0.3 is 4.90 Å². The summed E-state index contributed by atoms with van der Waals surface area (Å²) < 4.78 is 0. The Morgan fingerprint density at radius 1 is 1.75 bits per heavy atom. The van der Waals surface area contributed by atoms with Crippen molar-refractivity contribution in [2.45, 2.75) is 13.3 Å². The molecule has 8 heavy (non-hydrogen) atoms. The predicted molar refractivity (Wildman–Crippen MR) is 36.0 cm³/mol. The van der Waals surface area contributed by atoms with E-state index in [1.807, 2.05) is 0 Å². The molecule has 0 aromatic heterocycles. The molecule has 44 valence electrons. The minimum absolute atomic E-state index is 0.740. The third kappa shape index (κ3) is 1.25. The van der Waals surface area contributed by atoms with Gasteiger partial charge in [-0.3, -0.25) is 0 Å². The topological polar surface area (TPSA) is 3.24 Å². The van der Waals surface area contributed by atoms with Crippen LogP contribution >= 0.6 is 0 Å². The molecule has 1 aliphatic rings. The van der Waals surface area contributed by atoms with Crippen molar-refractivity contribution in [2.75, 3.05) is 19.5 Å². The molecule has 1 unspecified atom stereocenters. The fourth-order valence-electron chi connectivity index (χ4n) is 1.19. The van der Waals surface area contributed by atoms with Crippen molar-refractivity contribution in [3.8, 4) is 0 Å². The van der Waals surface area contributed by atoms with E-state index in [1.165, 1.54) is 19.5 Å². The lowest BCUT2D eigenvalue weighted by molar-refractivity contribution is 0.382. The van der Waals surface area contributed by atoms with Gasteiger partial charge in [-0.1, -0.05) is 6.92 Å². The summed E-state index contributed by atoms with van der Waals surface area (Å²) in [5.74, 6) is 0.874. The molecule has 2 heteroatoms. The molecule has 1 atom stereocenters. The number of likely N-dealkylation sites (tertiary alicyclic amines) is 1. The van der Waals surface area contributed by atoms with Crippen LogP contribution in [0.2, 0.25) is 0 Å². The van der Waals surface area contributed by atoms with Gasteiger partial charge in [-0.05, 0) is 31.9 Å². The van der Waals surface area contributed by atoms with Crippen LogP contribution in [0, 0.1) is 5.92 Å². The van der Waals surface area contributed by atoms with Crippen molar-refractivity contribution in [1.82, 2.24) is 4.90 Å². The van der Waals surface area contributed by atoms with Crippen molar-refractivity contribution in [2.24, 2.45) is 5.92 Å². The van der Waals surface area contributed by atoms with Crippen LogP contribution in [0.1, 0.15) is 13.3 Å². The highest BCUT2D eigenvalue weighted by Crippen LogP contribution is 2.12. The Labute approximate surface area is 52.5 Å². The van der Waals surface area contributed by atoms with E-state index in [0.29, 0.717) is 0 Å². The second-order valence-corrected chi connectivity index (χ2v) is 2.65. The molecule has 1 fully saturated rings. The molecule has 2 radical (unpaired) electrons. The molecule has 1 heterocycles. The smallest absolute Gasteiger partial charge is 0.0863 e. The Balaban J connectivity index is 2.22. The molecule has 1 nitrogen and oxygen atoms in total. The second-order valence-electron chi connectivity index (χ2n) is 2.65. The fourth-order valence-corrected chi connectivity index (χ4v) is 1.19. The Kier molecular flexibility index (Phi) is 1.95. The minimum Gasteiger partial charge on any atom is -0.312 e. The summed E-state index contributed by atoms with van der Waals surface area (Å²) in [6.45, 7) is 4.68. The van der Waals surface area contributed by atoms with Crippen LogP contribution in [-0.2, 0) is 0 Å². The van der Waals surface area contributed by atoms with E-state index in [0.717, 1.165) is 12.4 Å². The molecule has 1 aliphatic heterocycles. The van der Waals surface area contributed by atoms with Crippen LogP contribution < -0.4 is 0 Å². The average molecular weight is 109 g/mol. The van der Waals surface area contributed by atoms with Crippen molar-refractivity contribution >= 4 is 7.85 Å². The van der Waals surface area contributed by atoms with E-state index >= 15 is 0 Å². The highest BCUT2D eigenvalue weighted by Gasteiger charge is 2.15. The van der Waals surface area contributed by atoms with E-state index in [-0.39, 0.29) is 0 Å². The standard InChI is InChI=1S/C6H12BN/c1-6-2-3-8(4-6)5-7/h6H,2-5H2,1H3. The summed E-state index contributed by atoms with van der Waals surface area (Å²) >= 11 is 0. The molecular formula is C6H12BN. The lowest BCUT2D eigenvalue weighted by Gasteiger charge is -2.10. The zero-order valence-corrected chi connectivity index (χ0v) is 5.43. The van der Waals surface area contributed by atoms with Crippen LogP contribution in [0.5, 0.6) is 0 Å². The van der Waals surface area contributed by atoms with Gasteiger partial charge >= 0.3 is 0 Å². The third-order valence-electron chi connectivity index (χ3n) is 1.77. The molecule has 0 spiro atoms. The van der Waals surface area contributed by atoms with Gasteiger partial charge in [0.2, 0.25) is 0 Å². The third-order valence-corrected chi connectivity index (χ3v) is 1.77. The molecule has 0 bridgehead atoms. The van der Waals surface area contributed by atoms with Crippen molar-refractivity contribution in [1.29, 1.82) is 0 Å². The van der Waals surface area contributed by atoms with E-state index in [4.69, 9.17) is 7.85 Å². The van der Waals surface area contributed by atoms with E-state index < -0.39 is 0 Å². The minimum atomic E-state index is 0.740. The molecule has 0 aliphatic carbocycles. The highest BCUT2D eigenvalue weighted by molar-refractivity contribution is 6.08. The largest absolute Gasteiger partial charge is 0.312 e.